The van der Waals surface area contributed by atoms with Crippen molar-refractivity contribution in [2.24, 2.45) is 0 Å². The van der Waals surface area contributed by atoms with Crippen molar-refractivity contribution in [1.29, 1.82) is 0 Å². The maximum absolute atomic E-state index is 13.2. The van der Waals surface area contributed by atoms with Crippen LogP contribution in [0.5, 0.6) is 5.75 Å². The van der Waals surface area contributed by atoms with Crippen LogP contribution in [0.2, 0.25) is 5.02 Å². The van der Waals surface area contributed by atoms with Gasteiger partial charge in [0.2, 0.25) is 5.91 Å². The van der Waals surface area contributed by atoms with E-state index < -0.39 is 6.04 Å². The maximum atomic E-state index is 13.2. The lowest BCUT2D eigenvalue weighted by Gasteiger charge is -2.33. The summed E-state index contributed by atoms with van der Waals surface area (Å²) in [6, 6.07) is 12.6. The first kappa shape index (κ1) is 24.7. The fourth-order valence-electron chi connectivity index (χ4n) is 3.20. The number of hydrogen-bond acceptors (Lipinski definition) is 3. The van der Waals surface area contributed by atoms with E-state index in [0.717, 1.165) is 16.7 Å². The number of halogens is 1. The number of nitrogens with one attached hydrogen (secondary N) is 1. The van der Waals surface area contributed by atoms with Gasteiger partial charge in [-0.15, -0.1) is 0 Å². The molecular formula is C25H33ClN2O3. The summed E-state index contributed by atoms with van der Waals surface area (Å²) in [5.41, 5.74) is 2.59. The highest BCUT2D eigenvalue weighted by molar-refractivity contribution is 6.31. The second-order valence-electron chi connectivity index (χ2n) is 8.87. The van der Waals surface area contributed by atoms with E-state index in [9.17, 15) is 9.59 Å². The van der Waals surface area contributed by atoms with E-state index in [0.29, 0.717) is 23.7 Å². The molecule has 2 aromatic carbocycles. The minimum absolute atomic E-state index is 0.160. The van der Waals surface area contributed by atoms with Crippen molar-refractivity contribution >= 4 is 23.4 Å². The third-order valence-electron chi connectivity index (χ3n) is 4.85. The van der Waals surface area contributed by atoms with Crippen LogP contribution in [-0.2, 0) is 16.1 Å². The fraction of sp³-hybridized carbons (Fsp3) is 0.440. The molecule has 1 N–H and O–H groups in total. The lowest BCUT2D eigenvalue weighted by molar-refractivity contribution is -0.143. The van der Waals surface area contributed by atoms with Crippen LogP contribution < -0.4 is 10.1 Å². The summed E-state index contributed by atoms with van der Waals surface area (Å²) in [7, 11) is 0. The zero-order valence-corrected chi connectivity index (χ0v) is 20.0. The Bertz CT molecular complexity index is 904. The molecule has 0 aromatic heterocycles. The van der Waals surface area contributed by atoms with Crippen molar-refractivity contribution in [3.8, 4) is 5.75 Å². The van der Waals surface area contributed by atoms with Crippen LogP contribution in [0.4, 0.5) is 0 Å². The number of nitrogens with zero attached hydrogens (tertiary/aromatic N) is 1. The van der Waals surface area contributed by atoms with Gasteiger partial charge in [-0.3, -0.25) is 9.59 Å². The largest absolute Gasteiger partial charge is 0.484 e. The molecule has 0 spiro atoms. The zero-order chi connectivity index (χ0) is 23.2. The third kappa shape index (κ3) is 7.59. The Balaban J connectivity index is 2.23. The summed E-state index contributed by atoms with van der Waals surface area (Å²) < 4.78 is 5.74. The molecule has 0 aliphatic carbocycles. The molecule has 2 amide bonds. The van der Waals surface area contributed by atoms with Gasteiger partial charge >= 0.3 is 0 Å². The van der Waals surface area contributed by atoms with E-state index in [2.05, 4.69) is 5.32 Å². The average Bonchev–Trinajstić information content (AvgIpc) is 2.68. The molecule has 0 radical (unpaired) electrons. The highest BCUT2D eigenvalue weighted by Crippen LogP contribution is 2.21. The lowest BCUT2D eigenvalue weighted by atomic mass is 10.1. The molecule has 0 bridgehead atoms. The lowest BCUT2D eigenvalue weighted by Crippen LogP contribution is -2.54. The molecular weight excluding hydrogens is 412 g/mol. The summed E-state index contributed by atoms with van der Waals surface area (Å²) >= 11 is 6.07. The number of benzene rings is 2. The van der Waals surface area contributed by atoms with Crippen molar-refractivity contribution in [2.75, 3.05) is 6.61 Å². The molecule has 2 aromatic rings. The van der Waals surface area contributed by atoms with Crippen LogP contribution in [-0.4, -0.2) is 34.9 Å². The predicted molar refractivity (Wildman–Crippen MR) is 125 cm³/mol. The number of carbonyl (C=O) groups is 2. The van der Waals surface area contributed by atoms with Crippen LogP contribution in [0.25, 0.3) is 0 Å². The second kappa shape index (κ2) is 10.7. The Morgan fingerprint density at radius 1 is 1.10 bits per heavy atom. The van der Waals surface area contributed by atoms with Crippen molar-refractivity contribution in [3.05, 3.63) is 64.2 Å². The number of amides is 2. The van der Waals surface area contributed by atoms with E-state index in [4.69, 9.17) is 16.3 Å². The molecule has 5 nitrogen and oxygen atoms in total. The van der Waals surface area contributed by atoms with Crippen LogP contribution >= 0.6 is 11.6 Å². The van der Waals surface area contributed by atoms with Gasteiger partial charge in [0.15, 0.2) is 6.61 Å². The van der Waals surface area contributed by atoms with Crippen LogP contribution in [0.3, 0.4) is 0 Å². The highest BCUT2D eigenvalue weighted by atomic mass is 35.5. The fourth-order valence-corrected chi connectivity index (χ4v) is 3.32. The van der Waals surface area contributed by atoms with E-state index in [1.54, 1.807) is 23.1 Å². The van der Waals surface area contributed by atoms with Crippen molar-refractivity contribution < 1.29 is 14.3 Å². The average molecular weight is 445 g/mol. The van der Waals surface area contributed by atoms with Gasteiger partial charge in [0, 0.05) is 17.1 Å². The number of carbonyl (C=O) groups excluding carboxylic acids is 2. The van der Waals surface area contributed by atoms with E-state index in [1.807, 2.05) is 65.8 Å². The minimum atomic E-state index is -0.594. The minimum Gasteiger partial charge on any atom is -0.484 e. The summed E-state index contributed by atoms with van der Waals surface area (Å²) in [4.78, 5) is 27.8. The van der Waals surface area contributed by atoms with Crippen molar-refractivity contribution in [1.82, 2.24) is 10.2 Å². The Morgan fingerprint density at radius 2 is 1.74 bits per heavy atom. The molecule has 31 heavy (non-hydrogen) atoms. The SMILES string of the molecule is CCC(C(=O)NC(C)(C)C)N(Cc1ccc(C)cc1)C(=O)COc1ccc(Cl)c(C)c1. The first-order chi connectivity index (χ1) is 14.5. The normalized spacial score (nSPS) is 12.2. The van der Waals surface area contributed by atoms with E-state index in [1.165, 1.54) is 0 Å². The van der Waals surface area contributed by atoms with Gasteiger partial charge in [0.1, 0.15) is 11.8 Å². The van der Waals surface area contributed by atoms with E-state index in [-0.39, 0.29) is 24.0 Å². The molecule has 1 unspecified atom stereocenters. The standard InChI is InChI=1S/C25H33ClN2O3/c1-7-22(24(30)27-25(4,5)6)28(15-19-10-8-17(2)9-11-19)23(29)16-31-20-12-13-21(26)18(3)14-20/h8-14,22H,7,15-16H2,1-6H3,(H,27,30). The molecule has 0 saturated carbocycles. The molecule has 0 saturated heterocycles. The highest BCUT2D eigenvalue weighted by Gasteiger charge is 2.30. The molecule has 1 atom stereocenters. The van der Waals surface area contributed by atoms with Crippen molar-refractivity contribution in [2.45, 2.75) is 66.1 Å². The topological polar surface area (TPSA) is 58.6 Å². The van der Waals surface area contributed by atoms with Gasteiger partial charge in [-0.25, -0.2) is 0 Å². The van der Waals surface area contributed by atoms with Crippen LogP contribution in [0.15, 0.2) is 42.5 Å². The van der Waals surface area contributed by atoms with Crippen LogP contribution in [0.1, 0.15) is 50.8 Å². The molecule has 6 heteroatoms. The summed E-state index contributed by atoms with van der Waals surface area (Å²) in [5, 5.41) is 3.64. The smallest absolute Gasteiger partial charge is 0.261 e. The maximum Gasteiger partial charge on any atom is 0.261 e. The molecule has 0 heterocycles. The van der Waals surface area contributed by atoms with Gasteiger partial charge in [0.05, 0.1) is 0 Å². The molecule has 0 fully saturated rings. The number of hydrogen-bond donors (Lipinski definition) is 1. The first-order valence-electron chi connectivity index (χ1n) is 10.6. The number of ether oxygens (including phenoxy) is 1. The van der Waals surface area contributed by atoms with Gasteiger partial charge in [-0.1, -0.05) is 48.4 Å². The Hall–Kier alpha value is -2.53. The summed E-state index contributed by atoms with van der Waals surface area (Å²) in [6.07, 6.45) is 0.500. The summed E-state index contributed by atoms with van der Waals surface area (Å²) in [5.74, 6) is 0.152. The molecule has 2 rings (SSSR count). The molecule has 168 valence electrons. The monoisotopic (exact) mass is 444 g/mol. The Morgan fingerprint density at radius 3 is 2.29 bits per heavy atom. The quantitative estimate of drug-likeness (QED) is 0.619. The van der Waals surface area contributed by atoms with E-state index >= 15 is 0 Å². The van der Waals surface area contributed by atoms with Crippen LogP contribution in [0, 0.1) is 13.8 Å². The zero-order valence-electron chi connectivity index (χ0n) is 19.3. The third-order valence-corrected chi connectivity index (χ3v) is 5.27. The first-order valence-corrected chi connectivity index (χ1v) is 10.9. The van der Waals surface area contributed by atoms with Gasteiger partial charge in [-0.05, 0) is 70.4 Å². The second-order valence-corrected chi connectivity index (χ2v) is 9.28. The predicted octanol–water partition coefficient (Wildman–Crippen LogP) is 5.06. The Kier molecular flexibility index (Phi) is 8.52. The molecule has 0 aliphatic heterocycles. The molecule has 0 aliphatic rings. The number of rotatable bonds is 8. The van der Waals surface area contributed by atoms with Crippen molar-refractivity contribution in [3.63, 3.8) is 0 Å². The van der Waals surface area contributed by atoms with Gasteiger partial charge in [0.25, 0.3) is 5.91 Å². The summed E-state index contributed by atoms with van der Waals surface area (Å²) in [6.45, 7) is 11.8. The number of aryl methyl sites for hydroxylation is 2. The Labute approximate surface area is 190 Å². The van der Waals surface area contributed by atoms with Gasteiger partial charge < -0.3 is 15.0 Å². The van der Waals surface area contributed by atoms with Gasteiger partial charge in [-0.2, -0.15) is 0 Å².